The van der Waals surface area contributed by atoms with Crippen molar-refractivity contribution in [2.45, 2.75) is 52.1 Å². The fourth-order valence-corrected chi connectivity index (χ4v) is 2.04. The standard InChI is InChI=1S/C13H19NO2/c1-13(2,3)16-12(15)14-8-10-6-4-5-7-11(10)9-14/h8-9H,4-7H2,1-3H3. The fourth-order valence-electron chi connectivity index (χ4n) is 2.04. The molecule has 0 atom stereocenters. The third kappa shape index (κ3) is 2.46. The molecule has 1 aliphatic rings. The van der Waals surface area contributed by atoms with Crippen LogP contribution in [-0.2, 0) is 17.6 Å². The minimum absolute atomic E-state index is 0.276. The van der Waals surface area contributed by atoms with Gasteiger partial charge in [0.05, 0.1) is 0 Å². The molecule has 0 unspecified atom stereocenters. The Balaban J connectivity index is 2.15. The molecule has 1 aliphatic carbocycles. The van der Waals surface area contributed by atoms with Crippen LogP contribution >= 0.6 is 0 Å². The molecule has 3 heteroatoms. The predicted molar refractivity (Wildman–Crippen MR) is 62.7 cm³/mol. The Morgan fingerprint density at radius 1 is 1.19 bits per heavy atom. The highest BCUT2D eigenvalue weighted by Crippen LogP contribution is 2.22. The molecular formula is C13H19NO2. The second kappa shape index (κ2) is 3.96. The van der Waals surface area contributed by atoms with Gasteiger partial charge in [0.2, 0.25) is 0 Å². The van der Waals surface area contributed by atoms with Gasteiger partial charge in [-0.3, -0.25) is 4.57 Å². The zero-order chi connectivity index (χ0) is 11.8. The molecule has 16 heavy (non-hydrogen) atoms. The molecule has 0 saturated heterocycles. The highest BCUT2D eigenvalue weighted by Gasteiger charge is 2.20. The summed E-state index contributed by atoms with van der Waals surface area (Å²) in [4.78, 5) is 11.8. The molecule has 1 aromatic heterocycles. The van der Waals surface area contributed by atoms with E-state index in [0.717, 1.165) is 12.8 Å². The number of aromatic nitrogens is 1. The number of nitrogens with zero attached hydrogens (tertiary/aromatic N) is 1. The first-order valence-corrected chi connectivity index (χ1v) is 5.89. The second-order valence-electron chi connectivity index (χ2n) is 5.40. The van der Waals surface area contributed by atoms with Gasteiger partial charge in [0.1, 0.15) is 5.60 Å². The van der Waals surface area contributed by atoms with Gasteiger partial charge < -0.3 is 4.74 Å². The molecule has 2 rings (SSSR count). The Morgan fingerprint density at radius 3 is 2.12 bits per heavy atom. The van der Waals surface area contributed by atoms with Crippen molar-refractivity contribution in [2.24, 2.45) is 0 Å². The van der Waals surface area contributed by atoms with Crippen LogP contribution in [-0.4, -0.2) is 16.3 Å². The predicted octanol–water partition coefficient (Wildman–Crippen LogP) is 3.15. The fraction of sp³-hybridized carbons (Fsp3) is 0.615. The van der Waals surface area contributed by atoms with E-state index in [9.17, 15) is 4.79 Å². The molecule has 0 bridgehead atoms. The zero-order valence-corrected chi connectivity index (χ0v) is 10.2. The van der Waals surface area contributed by atoms with Crippen molar-refractivity contribution in [3.8, 4) is 0 Å². The molecular weight excluding hydrogens is 202 g/mol. The van der Waals surface area contributed by atoms with Crippen molar-refractivity contribution in [3.63, 3.8) is 0 Å². The lowest BCUT2D eigenvalue weighted by molar-refractivity contribution is 0.0537. The molecule has 0 amide bonds. The second-order valence-corrected chi connectivity index (χ2v) is 5.40. The van der Waals surface area contributed by atoms with Gasteiger partial charge in [-0.1, -0.05) is 0 Å². The Labute approximate surface area is 96.4 Å². The van der Waals surface area contributed by atoms with Crippen LogP contribution < -0.4 is 0 Å². The smallest absolute Gasteiger partial charge is 0.418 e. The summed E-state index contributed by atoms with van der Waals surface area (Å²) in [7, 11) is 0. The summed E-state index contributed by atoms with van der Waals surface area (Å²) in [6, 6.07) is 0. The lowest BCUT2D eigenvalue weighted by atomic mass is 9.96. The lowest BCUT2D eigenvalue weighted by Gasteiger charge is -2.19. The Morgan fingerprint density at radius 2 is 1.69 bits per heavy atom. The Kier molecular flexibility index (Phi) is 2.78. The third-order valence-electron chi connectivity index (χ3n) is 2.75. The van der Waals surface area contributed by atoms with Gasteiger partial charge in [-0.15, -0.1) is 0 Å². The monoisotopic (exact) mass is 221 g/mol. The number of hydrogen-bond donors (Lipinski definition) is 0. The number of ether oxygens (including phenoxy) is 1. The first kappa shape index (κ1) is 11.2. The van der Waals surface area contributed by atoms with Crippen LogP contribution in [0, 0.1) is 0 Å². The maximum absolute atomic E-state index is 11.8. The molecule has 0 radical (unpaired) electrons. The van der Waals surface area contributed by atoms with Crippen LogP contribution in [0.15, 0.2) is 12.4 Å². The summed E-state index contributed by atoms with van der Waals surface area (Å²) in [5.74, 6) is 0. The van der Waals surface area contributed by atoms with Gasteiger partial charge in [0.15, 0.2) is 0 Å². The number of rotatable bonds is 0. The molecule has 3 nitrogen and oxygen atoms in total. The molecule has 1 aromatic rings. The number of carbonyl (C=O) groups is 1. The molecule has 0 spiro atoms. The van der Waals surface area contributed by atoms with Crippen molar-refractivity contribution in [1.82, 2.24) is 4.57 Å². The summed E-state index contributed by atoms with van der Waals surface area (Å²) in [6.07, 6.45) is 8.19. The van der Waals surface area contributed by atoms with Crippen LogP contribution in [0.5, 0.6) is 0 Å². The third-order valence-corrected chi connectivity index (χ3v) is 2.75. The molecule has 0 aliphatic heterocycles. The maximum Gasteiger partial charge on any atom is 0.418 e. The van der Waals surface area contributed by atoms with Gasteiger partial charge in [-0.25, -0.2) is 4.79 Å². The minimum atomic E-state index is -0.429. The van der Waals surface area contributed by atoms with Crippen LogP contribution in [0.25, 0.3) is 0 Å². The minimum Gasteiger partial charge on any atom is -0.443 e. The Bertz CT molecular complexity index is 375. The highest BCUT2D eigenvalue weighted by molar-refractivity contribution is 5.71. The molecule has 1 heterocycles. The van der Waals surface area contributed by atoms with Crippen LogP contribution in [0.4, 0.5) is 4.79 Å². The number of carbonyl (C=O) groups excluding carboxylic acids is 1. The summed E-state index contributed by atoms with van der Waals surface area (Å²) in [5, 5.41) is 0. The van der Waals surface area contributed by atoms with E-state index in [2.05, 4.69) is 0 Å². The largest absolute Gasteiger partial charge is 0.443 e. The van der Waals surface area contributed by atoms with E-state index in [4.69, 9.17) is 4.74 Å². The van der Waals surface area contributed by atoms with Gasteiger partial charge in [0, 0.05) is 12.4 Å². The quantitative estimate of drug-likeness (QED) is 0.674. The molecule has 88 valence electrons. The lowest BCUT2D eigenvalue weighted by Crippen LogP contribution is -2.26. The van der Waals surface area contributed by atoms with E-state index in [-0.39, 0.29) is 6.09 Å². The topological polar surface area (TPSA) is 31.2 Å². The first-order valence-electron chi connectivity index (χ1n) is 5.89. The van der Waals surface area contributed by atoms with Gasteiger partial charge in [-0.2, -0.15) is 0 Å². The van der Waals surface area contributed by atoms with E-state index >= 15 is 0 Å². The van der Waals surface area contributed by atoms with E-state index < -0.39 is 5.60 Å². The van der Waals surface area contributed by atoms with Crippen molar-refractivity contribution in [2.75, 3.05) is 0 Å². The zero-order valence-electron chi connectivity index (χ0n) is 10.2. The molecule has 0 N–H and O–H groups in total. The van der Waals surface area contributed by atoms with Crippen molar-refractivity contribution in [3.05, 3.63) is 23.5 Å². The van der Waals surface area contributed by atoms with E-state index in [1.54, 1.807) is 4.57 Å². The van der Waals surface area contributed by atoms with Crippen LogP contribution in [0.2, 0.25) is 0 Å². The summed E-state index contributed by atoms with van der Waals surface area (Å²) >= 11 is 0. The van der Waals surface area contributed by atoms with Gasteiger partial charge in [0.25, 0.3) is 0 Å². The molecule has 0 aromatic carbocycles. The summed E-state index contributed by atoms with van der Waals surface area (Å²) in [5.41, 5.74) is 2.18. The van der Waals surface area contributed by atoms with Crippen LogP contribution in [0.3, 0.4) is 0 Å². The molecule has 0 saturated carbocycles. The number of fused-ring (bicyclic) bond motifs is 1. The van der Waals surface area contributed by atoms with Crippen molar-refractivity contribution in [1.29, 1.82) is 0 Å². The maximum atomic E-state index is 11.8. The summed E-state index contributed by atoms with van der Waals surface area (Å²) < 4.78 is 6.91. The van der Waals surface area contributed by atoms with Crippen molar-refractivity contribution < 1.29 is 9.53 Å². The van der Waals surface area contributed by atoms with E-state index in [1.165, 1.54) is 24.0 Å². The first-order chi connectivity index (χ1) is 7.46. The van der Waals surface area contributed by atoms with E-state index in [1.807, 2.05) is 33.2 Å². The Hall–Kier alpha value is -1.25. The van der Waals surface area contributed by atoms with Crippen molar-refractivity contribution >= 4 is 6.09 Å². The normalized spacial score (nSPS) is 15.7. The van der Waals surface area contributed by atoms with Gasteiger partial charge in [-0.05, 0) is 57.6 Å². The number of hydrogen-bond acceptors (Lipinski definition) is 2. The molecule has 0 fully saturated rings. The van der Waals surface area contributed by atoms with E-state index in [0.29, 0.717) is 0 Å². The highest BCUT2D eigenvalue weighted by atomic mass is 16.6. The summed E-state index contributed by atoms with van der Waals surface area (Å²) in [6.45, 7) is 5.65. The number of aryl methyl sites for hydroxylation is 2. The average Bonchev–Trinajstić information content (AvgIpc) is 2.58. The van der Waals surface area contributed by atoms with Gasteiger partial charge >= 0.3 is 6.09 Å². The van der Waals surface area contributed by atoms with Crippen LogP contribution in [0.1, 0.15) is 44.7 Å². The average molecular weight is 221 g/mol. The SMILES string of the molecule is CC(C)(C)OC(=O)n1cc2c(c1)CCCC2.